The van der Waals surface area contributed by atoms with Gasteiger partial charge in [-0.3, -0.25) is 4.79 Å². The van der Waals surface area contributed by atoms with Crippen molar-refractivity contribution in [1.82, 2.24) is 15.3 Å². The highest BCUT2D eigenvalue weighted by molar-refractivity contribution is 5.94. The van der Waals surface area contributed by atoms with Gasteiger partial charge < -0.3 is 11.1 Å². The van der Waals surface area contributed by atoms with Gasteiger partial charge in [0.2, 0.25) is 5.95 Å². The van der Waals surface area contributed by atoms with Crippen molar-refractivity contribution < 1.29 is 4.79 Å². The van der Waals surface area contributed by atoms with Gasteiger partial charge in [0.1, 0.15) is 0 Å². The van der Waals surface area contributed by atoms with Crippen molar-refractivity contribution in [3.8, 4) is 11.1 Å². The summed E-state index contributed by atoms with van der Waals surface area (Å²) in [5, 5.41) is 3.21. The number of carbonyl (C=O) groups excluding carboxylic acids is 1. The number of amides is 1. The van der Waals surface area contributed by atoms with E-state index in [1.54, 1.807) is 12.4 Å². The lowest BCUT2D eigenvalue weighted by Crippen LogP contribution is -2.38. The molecule has 1 heterocycles. The SMILES string of the molecule is Nc1ncc(-c2ccc(C(=O)N[C@@H]3C[C@@H]4CC[C@H]3C4)cc2)cn1. The summed E-state index contributed by atoms with van der Waals surface area (Å²) in [6.07, 6.45) is 8.43. The molecule has 0 saturated heterocycles. The number of anilines is 1. The molecule has 1 aromatic heterocycles. The van der Waals surface area contributed by atoms with Crippen LogP contribution in [-0.4, -0.2) is 21.9 Å². The van der Waals surface area contributed by atoms with E-state index in [0.717, 1.165) is 23.5 Å². The van der Waals surface area contributed by atoms with E-state index < -0.39 is 0 Å². The van der Waals surface area contributed by atoms with Gasteiger partial charge in [-0.1, -0.05) is 18.6 Å². The van der Waals surface area contributed by atoms with Crippen molar-refractivity contribution in [2.45, 2.75) is 31.7 Å². The van der Waals surface area contributed by atoms with Crippen LogP contribution in [0.25, 0.3) is 11.1 Å². The molecule has 5 heteroatoms. The number of rotatable bonds is 3. The Hall–Kier alpha value is -2.43. The van der Waals surface area contributed by atoms with Gasteiger partial charge in [0.25, 0.3) is 5.91 Å². The van der Waals surface area contributed by atoms with E-state index in [1.807, 2.05) is 24.3 Å². The van der Waals surface area contributed by atoms with E-state index >= 15 is 0 Å². The monoisotopic (exact) mass is 308 g/mol. The summed E-state index contributed by atoms with van der Waals surface area (Å²) in [5.41, 5.74) is 8.06. The molecule has 1 amide bonds. The van der Waals surface area contributed by atoms with Crippen LogP contribution in [-0.2, 0) is 0 Å². The first-order chi connectivity index (χ1) is 11.2. The fourth-order valence-electron chi connectivity index (χ4n) is 3.97. The second-order valence-corrected chi connectivity index (χ2v) is 6.66. The molecule has 2 aliphatic carbocycles. The first-order valence-corrected chi connectivity index (χ1v) is 8.18. The van der Waals surface area contributed by atoms with Crippen LogP contribution in [0.1, 0.15) is 36.0 Å². The summed E-state index contributed by atoms with van der Waals surface area (Å²) in [7, 11) is 0. The zero-order chi connectivity index (χ0) is 15.8. The molecule has 3 N–H and O–H groups in total. The highest BCUT2D eigenvalue weighted by Crippen LogP contribution is 2.44. The second-order valence-electron chi connectivity index (χ2n) is 6.66. The summed E-state index contributed by atoms with van der Waals surface area (Å²) in [5.74, 6) is 1.81. The average molecular weight is 308 g/mol. The number of fused-ring (bicyclic) bond motifs is 2. The molecule has 1 aromatic carbocycles. The van der Waals surface area contributed by atoms with Crippen LogP contribution >= 0.6 is 0 Å². The molecule has 0 unspecified atom stereocenters. The van der Waals surface area contributed by atoms with Gasteiger partial charge in [0.15, 0.2) is 0 Å². The Balaban J connectivity index is 1.45. The predicted octanol–water partition coefficient (Wildman–Crippen LogP) is 2.64. The molecule has 23 heavy (non-hydrogen) atoms. The number of nitrogens with one attached hydrogen (secondary N) is 1. The molecular formula is C18H20N4O. The van der Waals surface area contributed by atoms with Crippen molar-refractivity contribution in [2.75, 3.05) is 5.73 Å². The highest BCUT2D eigenvalue weighted by atomic mass is 16.1. The Kier molecular flexibility index (Phi) is 3.48. The summed E-state index contributed by atoms with van der Waals surface area (Å²) in [6.45, 7) is 0. The first kappa shape index (κ1) is 14.2. The van der Waals surface area contributed by atoms with E-state index in [0.29, 0.717) is 17.5 Å². The second kappa shape index (κ2) is 5.65. The fourth-order valence-corrected chi connectivity index (χ4v) is 3.97. The van der Waals surface area contributed by atoms with E-state index in [-0.39, 0.29) is 11.9 Å². The van der Waals surface area contributed by atoms with Crippen LogP contribution in [0.5, 0.6) is 0 Å². The number of hydrogen-bond acceptors (Lipinski definition) is 4. The van der Waals surface area contributed by atoms with E-state index in [2.05, 4.69) is 15.3 Å². The normalized spacial score (nSPS) is 25.5. The Labute approximate surface area is 135 Å². The molecule has 2 bridgehead atoms. The van der Waals surface area contributed by atoms with Crippen LogP contribution in [0.3, 0.4) is 0 Å². The van der Waals surface area contributed by atoms with Crippen molar-refractivity contribution >= 4 is 11.9 Å². The molecule has 5 nitrogen and oxygen atoms in total. The van der Waals surface area contributed by atoms with Crippen LogP contribution < -0.4 is 11.1 Å². The molecule has 4 rings (SSSR count). The molecule has 2 saturated carbocycles. The molecule has 0 radical (unpaired) electrons. The number of carbonyl (C=O) groups is 1. The highest BCUT2D eigenvalue weighted by Gasteiger charge is 2.40. The number of aromatic nitrogens is 2. The van der Waals surface area contributed by atoms with Crippen molar-refractivity contribution in [3.05, 3.63) is 42.2 Å². The number of nitrogen functional groups attached to an aromatic ring is 1. The van der Waals surface area contributed by atoms with Gasteiger partial charge >= 0.3 is 0 Å². The third kappa shape index (κ3) is 2.79. The minimum atomic E-state index is 0.0302. The maximum atomic E-state index is 12.4. The smallest absolute Gasteiger partial charge is 0.251 e. The van der Waals surface area contributed by atoms with Crippen LogP contribution in [0.15, 0.2) is 36.7 Å². The molecule has 118 valence electrons. The van der Waals surface area contributed by atoms with Crippen molar-refractivity contribution in [3.63, 3.8) is 0 Å². The zero-order valence-corrected chi connectivity index (χ0v) is 12.9. The van der Waals surface area contributed by atoms with Gasteiger partial charge in [-0.25, -0.2) is 9.97 Å². The Morgan fingerprint density at radius 3 is 2.39 bits per heavy atom. The van der Waals surface area contributed by atoms with Crippen molar-refractivity contribution in [1.29, 1.82) is 0 Å². The summed E-state index contributed by atoms with van der Waals surface area (Å²) in [4.78, 5) is 20.4. The van der Waals surface area contributed by atoms with E-state index in [9.17, 15) is 4.79 Å². The largest absolute Gasteiger partial charge is 0.368 e. The molecule has 3 atom stereocenters. The number of nitrogens with zero attached hydrogens (tertiary/aromatic N) is 2. The summed E-state index contributed by atoms with van der Waals surface area (Å²) < 4.78 is 0. The topological polar surface area (TPSA) is 80.9 Å². The molecule has 2 fully saturated rings. The van der Waals surface area contributed by atoms with Crippen LogP contribution in [0.2, 0.25) is 0 Å². The first-order valence-electron chi connectivity index (χ1n) is 8.18. The third-order valence-corrected chi connectivity index (χ3v) is 5.21. The molecule has 2 aromatic rings. The lowest BCUT2D eigenvalue weighted by atomic mass is 9.95. The van der Waals surface area contributed by atoms with Gasteiger partial charge in [-0.05, 0) is 48.8 Å². The van der Waals surface area contributed by atoms with E-state index in [4.69, 9.17) is 5.73 Å². The van der Waals surface area contributed by atoms with Gasteiger partial charge in [0, 0.05) is 29.6 Å². The van der Waals surface area contributed by atoms with Crippen molar-refractivity contribution in [2.24, 2.45) is 11.8 Å². The fraction of sp³-hybridized carbons (Fsp3) is 0.389. The summed E-state index contributed by atoms with van der Waals surface area (Å²) >= 11 is 0. The van der Waals surface area contributed by atoms with Crippen LogP contribution in [0, 0.1) is 11.8 Å². The Morgan fingerprint density at radius 1 is 1.04 bits per heavy atom. The number of hydrogen-bond donors (Lipinski definition) is 2. The Bertz CT molecular complexity index is 711. The predicted molar refractivity (Wildman–Crippen MR) is 88.6 cm³/mol. The number of benzene rings is 1. The lowest BCUT2D eigenvalue weighted by Gasteiger charge is -2.22. The Morgan fingerprint density at radius 2 is 1.78 bits per heavy atom. The zero-order valence-electron chi connectivity index (χ0n) is 12.9. The van der Waals surface area contributed by atoms with Gasteiger partial charge in [-0.15, -0.1) is 0 Å². The molecule has 2 aliphatic rings. The van der Waals surface area contributed by atoms with E-state index in [1.165, 1.54) is 19.3 Å². The molecule has 0 spiro atoms. The molecular weight excluding hydrogens is 288 g/mol. The standard InChI is InChI=1S/C18H20N4O/c19-18-20-9-15(10-21-18)12-3-5-13(6-4-12)17(23)22-16-8-11-1-2-14(16)7-11/h3-6,9-11,14,16H,1-2,7-8H2,(H,22,23)(H2,19,20,21)/t11-,14+,16-/m1/s1. The maximum absolute atomic E-state index is 12.4. The molecule has 0 aliphatic heterocycles. The summed E-state index contributed by atoms with van der Waals surface area (Å²) in [6, 6.07) is 7.92. The van der Waals surface area contributed by atoms with Gasteiger partial charge in [-0.2, -0.15) is 0 Å². The minimum absolute atomic E-state index is 0.0302. The number of nitrogens with two attached hydrogens (primary N) is 1. The third-order valence-electron chi connectivity index (χ3n) is 5.21. The minimum Gasteiger partial charge on any atom is -0.368 e. The lowest BCUT2D eigenvalue weighted by molar-refractivity contribution is 0.0923. The quantitative estimate of drug-likeness (QED) is 0.913. The van der Waals surface area contributed by atoms with Gasteiger partial charge in [0.05, 0.1) is 0 Å². The average Bonchev–Trinajstić information content (AvgIpc) is 3.18. The maximum Gasteiger partial charge on any atom is 0.251 e. The van der Waals surface area contributed by atoms with Crippen LogP contribution in [0.4, 0.5) is 5.95 Å².